The Morgan fingerprint density at radius 1 is 1.33 bits per heavy atom. The monoisotopic (exact) mass is 212 g/mol. The fraction of sp³-hybridized carbons (Fsp3) is 0.917. The molecule has 3 heteroatoms. The number of hydrogen-bond acceptors (Lipinski definition) is 2. The topological polar surface area (TPSA) is 23.6 Å². The molecule has 1 heterocycles. The summed E-state index contributed by atoms with van der Waals surface area (Å²) in [6.45, 7) is 13.6. The van der Waals surface area contributed by atoms with Crippen molar-refractivity contribution in [3.63, 3.8) is 0 Å². The molecule has 1 rings (SSSR count). The molecule has 88 valence electrons. The van der Waals surface area contributed by atoms with E-state index in [-0.39, 0.29) is 11.4 Å². The predicted octanol–water partition coefficient (Wildman–Crippen LogP) is 1.73. The van der Waals surface area contributed by atoms with Gasteiger partial charge in [0.05, 0.1) is 0 Å². The Kier molecular flexibility index (Phi) is 3.77. The number of carbonyl (C=O) groups excluding carboxylic acids is 1. The average Bonchev–Trinajstić information content (AvgIpc) is 2.14. The minimum atomic E-state index is 0.209. The third-order valence-electron chi connectivity index (χ3n) is 3.14. The van der Waals surface area contributed by atoms with Crippen molar-refractivity contribution in [3.8, 4) is 0 Å². The van der Waals surface area contributed by atoms with Gasteiger partial charge in [-0.3, -0.25) is 9.69 Å². The SMILES string of the molecule is CCC(=O)N1CCN(C(C)(C)C)[C@@H](C)C1. The molecule has 0 N–H and O–H groups in total. The van der Waals surface area contributed by atoms with Crippen molar-refractivity contribution in [2.45, 2.75) is 52.6 Å². The Morgan fingerprint density at radius 2 is 1.93 bits per heavy atom. The van der Waals surface area contributed by atoms with Crippen LogP contribution in [0.1, 0.15) is 41.0 Å². The van der Waals surface area contributed by atoms with Crippen molar-refractivity contribution in [3.05, 3.63) is 0 Å². The molecule has 1 atom stereocenters. The molecular formula is C12H24N2O. The summed E-state index contributed by atoms with van der Waals surface area (Å²) in [5.41, 5.74) is 0.209. The van der Waals surface area contributed by atoms with Crippen molar-refractivity contribution < 1.29 is 4.79 Å². The van der Waals surface area contributed by atoms with Crippen LogP contribution in [-0.2, 0) is 4.79 Å². The molecule has 1 aliphatic heterocycles. The minimum Gasteiger partial charge on any atom is -0.340 e. The van der Waals surface area contributed by atoms with Gasteiger partial charge in [-0.15, -0.1) is 0 Å². The average molecular weight is 212 g/mol. The van der Waals surface area contributed by atoms with Crippen LogP contribution in [0.4, 0.5) is 0 Å². The van der Waals surface area contributed by atoms with E-state index in [0.29, 0.717) is 12.5 Å². The molecule has 1 amide bonds. The molecule has 0 unspecified atom stereocenters. The quantitative estimate of drug-likeness (QED) is 0.661. The van der Waals surface area contributed by atoms with E-state index in [0.717, 1.165) is 19.6 Å². The van der Waals surface area contributed by atoms with Crippen LogP contribution in [0.5, 0.6) is 0 Å². The Labute approximate surface area is 93.4 Å². The first kappa shape index (κ1) is 12.5. The van der Waals surface area contributed by atoms with Crippen molar-refractivity contribution >= 4 is 5.91 Å². The second-order valence-corrected chi connectivity index (χ2v) is 5.41. The van der Waals surface area contributed by atoms with Crippen molar-refractivity contribution in [2.24, 2.45) is 0 Å². The molecular weight excluding hydrogens is 188 g/mol. The summed E-state index contributed by atoms with van der Waals surface area (Å²) in [6.07, 6.45) is 0.627. The van der Waals surface area contributed by atoms with E-state index in [2.05, 4.69) is 32.6 Å². The second kappa shape index (κ2) is 4.52. The van der Waals surface area contributed by atoms with Gasteiger partial charge in [-0.25, -0.2) is 0 Å². The maximum Gasteiger partial charge on any atom is 0.222 e. The molecule has 15 heavy (non-hydrogen) atoms. The maximum absolute atomic E-state index is 11.6. The van der Waals surface area contributed by atoms with Crippen LogP contribution in [-0.4, -0.2) is 46.9 Å². The minimum absolute atomic E-state index is 0.209. The molecule has 1 fully saturated rings. The molecule has 0 aromatic rings. The van der Waals surface area contributed by atoms with Crippen LogP contribution < -0.4 is 0 Å². The van der Waals surface area contributed by atoms with Gasteiger partial charge < -0.3 is 4.90 Å². The molecule has 0 bridgehead atoms. The summed E-state index contributed by atoms with van der Waals surface area (Å²) in [4.78, 5) is 16.0. The van der Waals surface area contributed by atoms with E-state index < -0.39 is 0 Å². The van der Waals surface area contributed by atoms with Crippen LogP contribution in [0.25, 0.3) is 0 Å². The van der Waals surface area contributed by atoms with Crippen molar-refractivity contribution in [1.82, 2.24) is 9.80 Å². The van der Waals surface area contributed by atoms with Crippen LogP contribution >= 0.6 is 0 Å². The van der Waals surface area contributed by atoms with Crippen molar-refractivity contribution in [1.29, 1.82) is 0 Å². The lowest BCUT2D eigenvalue weighted by Crippen LogP contribution is -2.59. The van der Waals surface area contributed by atoms with Gasteiger partial charge in [0.1, 0.15) is 0 Å². The normalized spacial score (nSPS) is 24.3. The largest absolute Gasteiger partial charge is 0.340 e. The summed E-state index contributed by atoms with van der Waals surface area (Å²) in [6, 6.07) is 0.467. The third-order valence-corrected chi connectivity index (χ3v) is 3.14. The predicted molar refractivity (Wildman–Crippen MR) is 62.8 cm³/mol. The fourth-order valence-electron chi connectivity index (χ4n) is 2.40. The summed E-state index contributed by atoms with van der Waals surface area (Å²) < 4.78 is 0. The highest BCUT2D eigenvalue weighted by Crippen LogP contribution is 2.20. The molecule has 0 spiro atoms. The second-order valence-electron chi connectivity index (χ2n) is 5.41. The third kappa shape index (κ3) is 2.94. The Bertz CT molecular complexity index is 232. The number of piperazine rings is 1. The lowest BCUT2D eigenvalue weighted by molar-refractivity contribution is -0.135. The molecule has 1 saturated heterocycles. The molecule has 0 aliphatic carbocycles. The van der Waals surface area contributed by atoms with Crippen LogP contribution in [0.2, 0.25) is 0 Å². The summed E-state index contributed by atoms with van der Waals surface area (Å²) >= 11 is 0. The van der Waals surface area contributed by atoms with Crippen LogP contribution in [0, 0.1) is 0 Å². The highest BCUT2D eigenvalue weighted by atomic mass is 16.2. The Hall–Kier alpha value is -0.570. The van der Waals surface area contributed by atoms with E-state index in [4.69, 9.17) is 0 Å². The molecule has 0 aromatic carbocycles. The zero-order chi connectivity index (χ0) is 11.6. The van der Waals surface area contributed by atoms with Crippen molar-refractivity contribution in [2.75, 3.05) is 19.6 Å². The van der Waals surface area contributed by atoms with Crippen LogP contribution in [0.3, 0.4) is 0 Å². The first-order valence-corrected chi connectivity index (χ1v) is 5.90. The molecule has 0 radical (unpaired) electrons. The van der Waals surface area contributed by atoms with E-state index >= 15 is 0 Å². The summed E-state index contributed by atoms with van der Waals surface area (Å²) in [7, 11) is 0. The fourth-order valence-corrected chi connectivity index (χ4v) is 2.40. The summed E-state index contributed by atoms with van der Waals surface area (Å²) in [5, 5.41) is 0. The van der Waals surface area contributed by atoms with Gasteiger partial charge in [0.25, 0.3) is 0 Å². The van der Waals surface area contributed by atoms with E-state index in [9.17, 15) is 4.79 Å². The number of carbonyl (C=O) groups is 1. The molecule has 3 nitrogen and oxygen atoms in total. The standard InChI is InChI=1S/C12H24N2O/c1-6-11(15)13-7-8-14(10(2)9-13)12(3,4)5/h10H,6-9H2,1-5H3/t10-/m0/s1. The zero-order valence-electron chi connectivity index (χ0n) is 10.7. The lowest BCUT2D eigenvalue weighted by atomic mass is 10.0. The van der Waals surface area contributed by atoms with Gasteiger partial charge in [0.15, 0.2) is 0 Å². The van der Waals surface area contributed by atoms with Gasteiger partial charge in [-0.05, 0) is 27.7 Å². The molecule has 0 aromatic heterocycles. The lowest BCUT2D eigenvalue weighted by Gasteiger charge is -2.46. The van der Waals surface area contributed by atoms with E-state index in [1.807, 2.05) is 11.8 Å². The highest BCUT2D eigenvalue weighted by Gasteiger charge is 2.32. The zero-order valence-corrected chi connectivity index (χ0v) is 10.7. The van der Waals surface area contributed by atoms with Gasteiger partial charge in [0.2, 0.25) is 5.91 Å². The van der Waals surface area contributed by atoms with Gasteiger partial charge in [-0.2, -0.15) is 0 Å². The number of amides is 1. The Balaban J connectivity index is 2.59. The molecule has 1 aliphatic rings. The van der Waals surface area contributed by atoms with Gasteiger partial charge in [-0.1, -0.05) is 6.92 Å². The highest BCUT2D eigenvalue weighted by molar-refractivity contribution is 5.75. The number of rotatable bonds is 1. The van der Waals surface area contributed by atoms with E-state index in [1.54, 1.807) is 0 Å². The first-order chi connectivity index (χ1) is 6.86. The van der Waals surface area contributed by atoms with Gasteiger partial charge in [0, 0.05) is 37.6 Å². The number of nitrogens with zero attached hydrogens (tertiary/aromatic N) is 2. The number of hydrogen-bond donors (Lipinski definition) is 0. The van der Waals surface area contributed by atoms with Gasteiger partial charge >= 0.3 is 0 Å². The summed E-state index contributed by atoms with van der Waals surface area (Å²) in [5.74, 6) is 0.287. The smallest absolute Gasteiger partial charge is 0.222 e. The van der Waals surface area contributed by atoms with E-state index in [1.165, 1.54) is 0 Å². The Morgan fingerprint density at radius 3 is 2.33 bits per heavy atom. The maximum atomic E-state index is 11.6. The van der Waals surface area contributed by atoms with Crippen LogP contribution in [0.15, 0.2) is 0 Å². The molecule has 0 saturated carbocycles. The first-order valence-electron chi connectivity index (χ1n) is 5.90.